The van der Waals surface area contributed by atoms with Crippen LogP contribution < -0.4 is 4.90 Å². The van der Waals surface area contributed by atoms with Crippen LogP contribution in [0.1, 0.15) is 56.3 Å². The van der Waals surface area contributed by atoms with E-state index in [9.17, 15) is 9.59 Å². The molecule has 4 nitrogen and oxygen atoms in total. The first-order valence-corrected chi connectivity index (χ1v) is 8.80. The first kappa shape index (κ1) is 16.2. The normalized spacial score (nSPS) is 19.0. The average molecular weight is 314 g/mol. The highest BCUT2D eigenvalue weighted by Crippen LogP contribution is 2.29. The Morgan fingerprint density at radius 2 is 1.83 bits per heavy atom. The minimum Gasteiger partial charge on any atom is -0.303 e. The fourth-order valence-corrected chi connectivity index (χ4v) is 3.96. The molecule has 23 heavy (non-hydrogen) atoms. The maximum absolute atomic E-state index is 12.3. The van der Waals surface area contributed by atoms with Gasteiger partial charge in [-0.25, -0.2) is 0 Å². The number of para-hydroxylation sites is 1. The standard InChI is InChI=1S/C19H26N2O2/c1-14(2)20(15-8-4-3-5-9-15)12-13-21-17-11-7-6-10-16(17)18(22)19(21)23/h6-7,10-11,14-15H,3-5,8-9,12-13H2,1-2H3. The van der Waals surface area contributed by atoms with Crippen LogP contribution in [0.3, 0.4) is 0 Å². The van der Waals surface area contributed by atoms with Gasteiger partial charge in [0, 0.05) is 25.2 Å². The van der Waals surface area contributed by atoms with Crippen molar-refractivity contribution in [2.24, 2.45) is 0 Å². The maximum Gasteiger partial charge on any atom is 0.299 e. The van der Waals surface area contributed by atoms with Crippen LogP contribution in [0.4, 0.5) is 5.69 Å². The lowest BCUT2D eigenvalue weighted by molar-refractivity contribution is -0.114. The van der Waals surface area contributed by atoms with Gasteiger partial charge < -0.3 is 4.90 Å². The number of amides is 1. The van der Waals surface area contributed by atoms with E-state index in [0.717, 1.165) is 12.2 Å². The van der Waals surface area contributed by atoms with E-state index in [1.54, 1.807) is 11.0 Å². The van der Waals surface area contributed by atoms with E-state index >= 15 is 0 Å². The Labute approximate surface area is 138 Å². The third-order valence-corrected chi connectivity index (χ3v) is 5.17. The minimum absolute atomic E-state index is 0.366. The summed E-state index contributed by atoms with van der Waals surface area (Å²) in [4.78, 5) is 28.5. The van der Waals surface area contributed by atoms with Crippen LogP contribution in [0.15, 0.2) is 24.3 Å². The van der Waals surface area contributed by atoms with Gasteiger partial charge >= 0.3 is 0 Å². The van der Waals surface area contributed by atoms with Crippen molar-refractivity contribution in [2.45, 2.75) is 58.0 Å². The van der Waals surface area contributed by atoms with Gasteiger partial charge in [-0.3, -0.25) is 14.5 Å². The van der Waals surface area contributed by atoms with Crippen molar-refractivity contribution in [2.75, 3.05) is 18.0 Å². The first-order valence-electron chi connectivity index (χ1n) is 8.80. The molecule has 1 amide bonds. The van der Waals surface area contributed by atoms with Crippen LogP contribution in [0.2, 0.25) is 0 Å². The fourth-order valence-electron chi connectivity index (χ4n) is 3.96. The Kier molecular flexibility index (Phi) is 4.81. The molecule has 0 spiro atoms. The largest absolute Gasteiger partial charge is 0.303 e. The van der Waals surface area contributed by atoms with Crippen molar-refractivity contribution in [1.82, 2.24) is 4.90 Å². The molecule has 0 atom stereocenters. The van der Waals surface area contributed by atoms with Crippen molar-refractivity contribution in [3.8, 4) is 0 Å². The molecule has 4 heteroatoms. The number of hydrogen-bond acceptors (Lipinski definition) is 3. The number of carbonyl (C=O) groups excluding carboxylic acids is 2. The molecule has 1 saturated carbocycles. The lowest BCUT2D eigenvalue weighted by Crippen LogP contribution is -2.46. The lowest BCUT2D eigenvalue weighted by Gasteiger charge is -2.38. The second-order valence-electron chi connectivity index (χ2n) is 6.93. The number of benzene rings is 1. The van der Waals surface area contributed by atoms with E-state index in [2.05, 4.69) is 18.7 Å². The highest BCUT2D eigenvalue weighted by molar-refractivity contribution is 6.52. The summed E-state index contributed by atoms with van der Waals surface area (Å²) in [6, 6.07) is 8.40. The Morgan fingerprint density at radius 3 is 2.52 bits per heavy atom. The number of hydrogen-bond donors (Lipinski definition) is 0. The molecular weight excluding hydrogens is 288 g/mol. The fraction of sp³-hybridized carbons (Fsp3) is 0.579. The van der Waals surface area contributed by atoms with Crippen molar-refractivity contribution in [1.29, 1.82) is 0 Å². The number of anilines is 1. The Bertz CT molecular complexity index is 591. The van der Waals surface area contributed by atoms with Gasteiger partial charge in [0.15, 0.2) is 0 Å². The first-order chi connectivity index (χ1) is 11.1. The predicted molar refractivity (Wildman–Crippen MR) is 91.8 cm³/mol. The summed E-state index contributed by atoms with van der Waals surface area (Å²) < 4.78 is 0. The lowest BCUT2D eigenvalue weighted by atomic mass is 9.93. The monoisotopic (exact) mass is 314 g/mol. The van der Waals surface area contributed by atoms with Crippen molar-refractivity contribution < 1.29 is 9.59 Å². The van der Waals surface area contributed by atoms with Crippen molar-refractivity contribution >= 4 is 17.4 Å². The number of ketones is 1. The number of nitrogens with zero attached hydrogens (tertiary/aromatic N) is 2. The highest BCUT2D eigenvalue weighted by Gasteiger charge is 2.35. The van der Waals surface area contributed by atoms with Crippen LogP contribution in [0.5, 0.6) is 0 Å². The van der Waals surface area contributed by atoms with E-state index in [4.69, 9.17) is 0 Å². The summed E-state index contributed by atoms with van der Waals surface area (Å²) in [5.74, 6) is -0.743. The summed E-state index contributed by atoms with van der Waals surface area (Å²) in [5, 5.41) is 0. The van der Waals surface area contributed by atoms with Crippen LogP contribution in [-0.4, -0.2) is 41.8 Å². The Hall–Kier alpha value is -1.68. The summed E-state index contributed by atoms with van der Waals surface area (Å²) >= 11 is 0. The quantitative estimate of drug-likeness (QED) is 0.783. The number of fused-ring (bicyclic) bond motifs is 1. The van der Waals surface area contributed by atoms with E-state index in [-0.39, 0.29) is 11.7 Å². The second-order valence-corrected chi connectivity index (χ2v) is 6.93. The number of rotatable bonds is 5. The van der Waals surface area contributed by atoms with Gasteiger partial charge in [0.2, 0.25) is 0 Å². The molecule has 0 aromatic heterocycles. The highest BCUT2D eigenvalue weighted by atomic mass is 16.2. The molecule has 0 N–H and O–H groups in total. The van der Waals surface area contributed by atoms with Gasteiger partial charge in [-0.15, -0.1) is 0 Å². The molecule has 0 bridgehead atoms. The SMILES string of the molecule is CC(C)N(CCN1C(=O)C(=O)c2ccccc21)C1CCCCC1. The smallest absolute Gasteiger partial charge is 0.299 e. The van der Waals surface area contributed by atoms with Crippen molar-refractivity contribution in [3.05, 3.63) is 29.8 Å². The molecule has 0 unspecified atom stereocenters. The van der Waals surface area contributed by atoms with E-state index in [1.165, 1.54) is 32.1 Å². The third-order valence-electron chi connectivity index (χ3n) is 5.17. The Balaban J connectivity index is 1.71. The van der Waals surface area contributed by atoms with Crippen LogP contribution in [-0.2, 0) is 4.79 Å². The van der Waals surface area contributed by atoms with E-state index in [0.29, 0.717) is 24.2 Å². The van der Waals surface area contributed by atoms with Gasteiger partial charge in [-0.2, -0.15) is 0 Å². The van der Waals surface area contributed by atoms with Crippen LogP contribution in [0, 0.1) is 0 Å². The molecule has 1 aliphatic carbocycles. The van der Waals surface area contributed by atoms with E-state index in [1.807, 2.05) is 18.2 Å². The zero-order valence-electron chi connectivity index (χ0n) is 14.1. The van der Waals surface area contributed by atoms with Crippen molar-refractivity contribution in [3.63, 3.8) is 0 Å². The summed E-state index contributed by atoms with van der Waals surface area (Å²) in [5.41, 5.74) is 1.32. The zero-order chi connectivity index (χ0) is 16.4. The van der Waals surface area contributed by atoms with E-state index < -0.39 is 0 Å². The molecule has 1 heterocycles. The second kappa shape index (κ2) is 6.83. The molecule has 2 aliphatic rings. The van der Waals surface area contributed by atoms with Gasteiger partial charge in [0.1, 0.15) is 0 Å². The number of Topliss-reactive ketones (excluding diaryl/α,β-unsaturated/α-hetero) is 1. The van der Waals surface area contributed by atoms with Crippen LogP contribution in [0.25, 0.3) is 0 Å². The molecule has 3 rings (SSSR count). The molecule has 1 aliphatic heterocycles. The van der Waals surface area contributed by atoms with Gasteiger partial charge in [-0.1, -0.05) is 31.4 Å². The summed E-state index contributed by atoms with van der Waals surface area (Å²) in [7, 11) is 0. The third kappa shape index (κ3) is 3.18. The number of carbonyl (C=O) groups is 2. The average Bonchev–Trinajstić information content (AvgIpc) is 2.81. The minimum atomic E-state index is -0.376. The molecule has 1 aromatic carbocycles. The molecular formula is C19H26N2O2. The molecule has 124 valence electrons. The summed E-state index contributed by atoms with van der Waals surface area (Å²) in [6.07, 6.45) is 6.45. The molecule has 0 radical (unpaired) electrons. The zero-order valence-corrected chi connectivity index (χ0v) is 14.1. The van der Waals surface area contributed by atoms with Crippen LogP contribution >= 0.6 is 0 Å². The molecule has 1 fully saturated rings. The molecule has 1 aromatic rings. The predicted octanol–water partition coefficient (Wildman–Crippen LogP) is 3.26. The summed E-state index contributed by atoms with van der Waals surface area (Å²) in [6.45, 7) is 5.87. The molecule has 0 saturated heterocycles. The van der Waals surface area contributed by atoms with Gasteiger partial charge in [0.05, 0.1) is 11.3 Å². The van der Waals surface area contributed by atoms with Gasteiger partial charge in [0.25, 0.3) is 11.7 Å². The topological polar surface area (TPSA) is 40.6 Å². The maximum atomic E-state index is 12.3. The van der Waals surface area contributed by atoms with Gasteiger partial charge in [-0.05, 0) is 38.8 Å². The Morgan fingerprint density at radius 1 is 1.13 bits per heavy atom.